The number of amides is 1. The van der Waals surface area contributed by atoms with Gasteiger partial charge in [0.2, 0.25) is 0 Å². The first-order valence-corrected chi connectivity index (χ1v) is 9.57. The standard InChI is InChI=1S/C19H23N3OS/c1-13-17(24-18(21-13)14-5-3-2-4-6-14)19(23)22-9-7-15-11-20-12-16(15)8-10-22/h2-6,15-16,20H,7-12H2,1H3/t15-,16+. The summed E-state index contributed by atoms with van der Waals surface area (Å²) < 4.78 is 0. The molecule has 0 saturated carbocycles. The highest BCUT2D eigenvalue weighted by molar-refractivity contribution is 7.17. The van der Waals surface area contributed by atoms with Crippen LogP contribution >= 0.6 is 11.3 Å². The molecule has 1 amide bonds. The molecule has 1 aromatic heterocycles. The number of thiazole rings is 1. The Labute approximate surface area is 146 Å². The molecule has 2 fully saturated rings. The lowest BCUT2D eigenvalue weighted by Crippen LogP contribution is -2.32. The van der Waals surface area contributed by atoms with E-state index in [0.717, 1.165) is 72.0 Å². The van der Waals surface area contributed by atoms with Gasteiger partial charge in [0.15, 0.2) is 0 Å². The molecular weight excluding hydrogens is 318 g/mol. The zero-order valence-electron chi connectivity index (χ0n) is 14.0. The van der Waals surface area contributed by atoms with Gasteiger partial charge in [-0.1, -0.05) is 30.3 Å². The third-order valence-electron chi connectivity index (χ3n) is 5.32. The maximum absolute atomic E-state index is 13.0. The van der Waals surface area contributed by atoms with E-state index in [1.165, 1.54) is 11.3 Å². The van der Waals surface area contributed by atoms with Gasteiger partial charge >= 0.3 is 0 Å². The van der Waals surface area contributed by atoms with E-state index in [9.17, 15) is 4.79 Å². The number of carbonyl (C=O) groups excluding carboxylic acids is 1. The third-order valence-corrected chi connectivity index (χ3v) is 6.51. The Morgan fingerprint density at radius 1 is 1.17 bits per heavy atom. The number of likely N-dealkylation sites (tertiary alicyclic amines) is 1. The predicted octanol–water partition coefficient (Wildman–Crippen LogP) is 3.19. The van der Waals surface area contributed by atoms with Crippen LogP contribution in [0.2, 0.25) is 0 Å². The van der Waals surface area contributed by atoms with Crippen molar-refractivity contribution in [3.8, 4) is 10.6 Å². The Kier molecular flexibility index (Phi) is 4.37. The van der Waals surface area contributed by atoms with Gasteiger partial charge in [-0.3, -0.25) is 4.79 Å². The Hall–Kier alpha value is -1.72. The fourth-order valence-electron chi connectivity index (χ4n) is 3.86. The zero-order valence-corrected chi connectivity index (χ0v) is 14.8. The van der Waals surface area contributed by atoms with Gasteiger partial charge in [-0.2, -0.15) is 0 Å². The normalized spacial score (nSPS) is 23.8. The molecule has 2 aliphatic heterocycles. The smallest absolute Gasteiger partial charge is 0.265 e. The minimum atomic E-state index is 0.167. The van der Waals surface area contributed by atoms with Crippen molar-refractivity contribution >= 4 is 17.2 Å². The molecule has 5 heteroatoms. The molecule has 126 valence electrons. The molecular formula is C19H23N3OS. The molecule has 0 radical (unpaired) electrons. The van der Waals surface area contributed by atoms with Gasteiger partial charge in [-0.05, 0) is 44.7 Å². The number of nitrogens with zero attached hydrogens (tertiary/aromatic N) is 2. The lowest BCUT2D eigenvalue weighted by molar-refractivity contribution is 0.0762. The van der Waals surface area contributed by atoms with Crippen molar-refractivity contribution in [3.63, 3.8) is 0 Å². The number of benzene rings is 1. The van der Waals surface area contributed by atoms with Crippen LogP contribution in [-0.4, -0.2) is 42.0 Å². The van der Waals surface area contributed by atoms with E-state index in [1.54, 1.807) is 0 Å². The molecule has 0 aliphatic carbocycles. The van der Waals surface area contributed by atoms with Crippen molar-refractivity contribution in [2.75, 3.05) is 26.2 Å². The maximum atomic E-state index is 13.0. The number of fused-ring (bicyclic) bond motifs is 1. The summed E-state index contributed by atoms with van der Waals surface area (Å²) in [7, 11) is 0. The topological polar surface area (TPSA) is 45.2 Å². The summed E-state index contributed by atoms with van der Waals surface area (Å²) in [5.41, 5.74) is 1.94. The summed E-state index contributed by atoms with van der Waals surface area (Å²) >= 11 is 1.53. The van der Waals surface area contributed by atoms with Crippen molar-refractivity contribution in [2.45, 2.75) is 19.8 Å². The highest BCUT2D eigenvalue weighted by Crippen LogP contribution is 2.31. The van der Waals surface area contributed by atoms with Gasteiger partial charge < -0.3 is 10.2 Å². The van der Waals surface area contributed by atoms with Crippen LogP contribution in [0.5, 0.6) is 0 Å². The fraction of sp³-hybridized carbons (Fsp3) is 0.474. The van der Waals surface area contributed by atoms with E-state index < -0.39 is 0 Å². The molecule has 2 saturated heterocycles. The highest BCUT2D eigenvalue weighted by Gasteiger charge is 2.32. The Morgan fingerprint density at radius 3 is 2.50 bits per heavy atom. The van der Waals surface area contributed by atoms with Gasteiger partial charge in [0.25, 0.3) is 5.91 Å². The number of aryl methyl sites for hydroxylation is 1. The van der Waals surface area contributed by atoms with Crippen LogP contribution in [0.3, 0.4) is 0 Å². The van der Waals surface area contributed by atoms with Crippen LogP contribution in [0.15, 0.2) is 30.3 Å². The summed E-state index contributed by atoms with van der Waals surface area (Å²) in [6.07, 6.45) is 2.24. The monoisotopic (exact) mass is 341 g/mol. The van der Waals surface area contributed by atoms with Crippen LogP contribution in [0.4, 0.5) is 0 Å². The number of nitrogens with one attached hydrogen (secondary N) is 1. The molecule has 4 rings (SSSR count). The van der Waals surface area contributed by atoms with Gasteiger partial charge in [0, 0.05) is 18.7 Å². The average molecular weight is 341 g/mol. The summed E-state index contributed by atoms with van der Waals surface area (Å²) in [6, 6.07) is 10.1. The van der Waals surface area contributed by atoms with E-state index in [-0.39, 0.29) is 5.91 Å². The molecule has 3 heterocycles. The summed E-state index contributed by atoms with van der Waals surface area (Å²) in [4.78, 5) is 20.5. The molecule has 1 aromatic carbocycles. The lowest BCUT2D eigenvalue weighted by Gasteiger charge is -2.20. The van der Waals surface area contributed by atoms with Gasteiger partial charge in [0.05, 0.1) is 5.69 Å². The van der Waals surface area contributed by atoms with Crippen LogP contribution in [0, 0.1) is 18.8 Å². The largest absolute Gasteiger partial charge is 0.338 e. The van der Waals surface area contributed by atoms with Crippen molar-refractivity contribution in [3.05, 3.63) is 40.9 Å². The van der Waals surface area contributed by atoms with Crippen molar-refractivity contribution in [2.24, 2.45) is 11.8 Å². The van der Waals surface area contributed by atoms with Crippen LogP contribution < -0.4 is 5.32 Å². The third kappa shape index (κ3) is 2.98. The van der Waals surface area contributed by atoms with E-state index in [1.807, 2.05) is 42.2 Å². The fourth-order valence-corrected chi connectivity index (χ4v) is 4.90. The first-order valence-electron chi connectivity index (χ1n) is 8.75. The second-order valence-electron chi connectivity index (χ2n) is 6.85. The number of hydrogen-bond donors (Lipinski definition) is 1. The Bertz CT molecular complexity index is 713. The van der Waals surface area contributed by atoms with E-state index in [4.69, 9.17) is 0 Å². The second kappa shape index (κ2) is 6.65. The highest BCUT2D eigenvalue weighted by atomic mass is 32.1. The first-order chi connectivity index (χ1) is 11.7. The molecule has 0 spiro atoms. The molecule has 24 heavy (non-hydrogen) atoms. The number of carbonyl (C=O) groups is 1. The number of rotatable bonds is 2. The summed E-state index contributed by atoms with van der Waals surface area (Å²) in [5.74, 6) is 1.65. The SMILES string of the molecule is Cc1nc(-c2ccccc2)sc1C(=O)N1CC[C@@H]2CNC[C@@H]2CC1. The summed E-state index contributed by atoms with van der Waals surface area (Å²) in [5, 5.41) is 4.42. The quantitative estimate of drug-likeness (QED) is 0.912. The van der Waals surface area contributed by atoms with Crippen LogP contribution in [0.1, 0.15) is 28.2 Å². The minimum Gasteiger partial charge on any atom is -0.338 e. The Balaban J connectivity index is 1.53. The zero-order chi connectivity index (χ0) is 16.5. The van der Waals surface area contributed by atoms with Crippen molar-refractivity contribution < 1.29 is 4.79 Å². The molecule has 2 aliphatic rings. The molecule has 2 aromatic rings. The van der Waals surface area contributed by atoms with Crippen LogP contribution in [0.25, 0.3) is 10.6 Å². The van der Waals surface area contributed by atoms with Gasteiger partial charge in [0.1, 0.15) is 9.88 Å². The average Bonchev–Trinajstić information content (AvgIpc) is 3.17. The second-order valence-corrected chi connectivity index (χ2v) is 7.85. The number of hydrogen-bond acceptors (Lipinski definition) is 4. The van der Waals surface area contributed by atoms with Crippen LogP contribution in [-0.2, 0) is 0 Å². The van der Waals surface area contributed by atoms with Crippen molar-refractivity contribution in [1.82, 2.24) is 15.2 Å². The van der Waals surface area contributed by atoms with Crippen molar-refractivity contribution in [1.29, 1.82) is 0 Å². The lowest BCUT2D eigenvalue weighted by atomic mass is 9.92. The molecule has 4 nitrogen and oxygen atoms in total. The number of aromatic nitrogens is 1. The first kappa shape index (κ1) is 15.8. The predicted molar refractivity (Wildman–Crippen MR) is 97.3 cm³/mol. The minimum absolute atomic E-state index is 0.167. The van der Waals surface area contributed by atoms with E-state index in [0.29, 0.717) is 0 Å². The van der Waals surface area contributed by atoms with Gasteiger partial charge in [-0.15, -0.1) is 11.3 Å². The molecule has 0 bridgehead atoms. The van der Waals surface area contributed by atoms with Gasteiger partial charge in [-0.25, -0.2) is 4.98 Å². The van der Waals surface area contributed by atoms with E-state index >= 15 is 0 Å². The maximum Gasteiger partial charge on any atom is 0.265 e. The molecule has 2 atom stereocenters. The van der Waals surface area contributed by atoms with E-state index in [2.05, 4.69) is 10.3 Å². The summed E-state index contributed by atoms with van der Waals surface area (Å²) in [6.45, 7) is 5.93. The Morgan fingerprint density at radius 2 is 1.83 bits per heavy atom. The molecule has 1 N–H and O–H groups in total. The molecule has 0 unspecified atom stereocenters.